The number of aliphatic hydroxyl groups excluding tert-OH is 12. The molecule has 0 aromatic heterocycles. The highest BCUT2D eigenvalue weighted by Gasteiger charge is 2.55. The maximum atomic E-state index is 12.3. The number of carbonyl (C=O) groups is 1. The van der Waals surface area contributed by atoms with Crippen molar-refractivity contribution in [3.63, 3.8) is 0 Å². The Morgan fingerprint density at radius 3 is 1.66 bits per heavy atom. The summed E-state index contributed by atoms with van der Waals surface area (Å²) in [6.07, 6.45) is -32.6. The third kappa shape index (κ3) is 8.04. The molecule has 4 rings (SSSR count). The van der Waals surface area contributed by atoms with Crippen molar-refractivity contribution in [1.82, 2.24) is 5.32 Å². The van der Waals surface area contributed by atoms with E-state index in [-0.39, 0.29) is 0 Å². The zero-order valence-corrected chi connectivity index (χ0v) is 25.3. The second-order valence-corrected chi connectivity index (χ2v) is 11.9. The van der Waals surface area contributed by atoms with E-state index in [0.717, 1.165) is 6.92 Å². The van der Waals surface area contributed by atoms with Gasteiger partial charge in [0, 0.05) is 6.92 Å². The van der Waals surface area contributed by atoms with E-state index in [2.05, 4.69) is 5.32 Å². The summed E-state index contributed by atoms with van der Waals surface area (Å²) in [5.74, 6) is -0.752. The van der Waals surface area contributed by atoms with Gasteiger partial charge in [0.1, 0.15) is 91.5 Å². The third-order valence-electron chi connectivity index (χ3n) is 8.57. The van der Waals surface area contributed by atoms with Crippen molar-refractivity contribution in [3.8, 4) is 0 Å². The Kier molecular flexibility index (Phi) is 13.2. The van der Waals surface area contributed by atoms with Crippen LogP contribution in [0.5, 0.6) is 0 Å². The number of amides is 1. The zero-order valence-electron chi connectivity index (χ0n) is 25.3. The van der Waals surface area contributed by atoms with Gasteiger partial charge >= 0.3 is 0 Å². The van der Waals surface area contributed by atoms with Crippen LogP contribution in [-0.2, 0) is 38.0 Å². The van der Waals surface area contributed by atoms with Gasteiger partial charge in [0.15, 0.2) is 25.2 Å². The topological polar surface area (TPSA) is 336 Å². The largest absolute Gasteiger partial charge is 0.394 e. The number of aliphatic hydroxyl groups is 12. The number of nitrogens with one attached hydrogen (secondary N) is 1. The smallest absolute Gasteiger partial charge is 0.217 e. The molecule has 0 aromatic rings. The van der Waals surface area contributed by atoms with Crippen molar-refractivity contribution < 1.29 is 99.2 Å². The van der Waals surface area contributed by atoms with Crippen molar-refractivity contribution >= 4 is 5.91 Å². The van der Waals surface area contributed by atoms with Gasteiger partial charge in [0.2, 0.25) is 5.91 Å². The van der Waals surface area contributed by atoms with Crippen molar-refractivity contribution in [2.75, 3.05) is 19.8 Å². The highest BCUT2D eigenvalue weighted by atomic mass is 16.8. The molecule has 0 aliphatic carbocycles. The molecule has 274 valence electrons. The van der Waals surface area contributed by atoms with Gasteiger partial charge in [-0.15, -0.1) is 0 Å². The quantitative estimate of drug-likeness (QED) is 0.101. The van der Waals surface area contributed by atoms with Gasteiger partial charge in [-0.25, -0.2) is 0 Å². The fourth-order valence-electron chi connectivity index (χ4n) is 5.86. The van der Waals surface area contributed by atoms with Crippen LogP contribution < -0.4 is 5.32 Å². The van der Waals surface area contributed by atoms with E-state index in [0.29, 0.717) is 0 Å². The fourth-order valence-corrected chi connectivity index (χ4v) is 5.86. The van der Waals surface area contributed by atoms with Crippen molar-refractivity contribution in [1.29, 1.82) is 0 Å². The number of rotatable bonds is 10. The fraction of sp³-hybridized carbons (Fsp3) is 0.962. The van der Waals surface area contributed by atoms with Crippen LogP contribution >= 0.6 is 0 Å². The Bertz CT molecular complexity index is 1010. The molecule has 20 atom stereocenters. The van der Waals surface area contributed by atoms with Gasteiger partial charge in [-0.2, -0.15) is 0 Å². The first-order chi connectivity index (χ1) is 22.1. The van der Waals surface area contributed by atoms with E-state index in [1.165, 1.54) is 6.92 Å². The molecule has 1 amide bonds. The minimum Gasteiger partial charge on any atom is -0.394 e. The molecule has 4 heterocycles. The Balaban J connectivity index is 1.66. The maximum Gasteiger partial charge on any atom is 0.217 e. The van der Waals surface area contributed by atoms with E-state index in [1.807, 2.05) is 0 Å². The van der Waals surface area contributed by atoms with Crippen LogP contribution in [0, 0.1) is 0 Å². The third-order valence-corrected chi connectivity index (χ3v) is 8.57. The van der Waals surface area contributed by atoms with Gasteiger partial charge in [0.05, 0.1) is 25.9 Å². The van der Waals surface area contributed by atoms with E-state index in [9.17, 15) is 66.1 Å². The Hall–Kier alpha value is -1.29. The van der Waals surface area contributed by atoms with Crippen LogP contribution in [0.15, 0.2) is 0 Å². The molecule has 47 heavy (non-hydrogen) atoms. The summed E-state index contributed by atoms with van der Waals surface area (Å²) in [4.78, 5) is 12.3. The van der Waals surface area contributed by atoms with E-state index >= 15 is 0 Å². The molecule has 4 aliphatic heterocycles. The summed E-state index contributed by atoms with van der Waals surface area (Å²) in [7, 11) is 0. The molecule has 21 nitrogen and oxygen atoms in total. The maximum absolute atomic E-state index is 12.3. The molecule has 4 saturated heterocycles. The van der Waals surface area contributed by atoms with Gasteiger partial charge in [0.25, 0.3) is 0 Å². The Morgan fingerprint density at radius 2 is 1.06 bits per heavy atom. The molecule has 21 heteroatoms. The van der Waals surface area contributed by atoms with E-state index in [1.54, 1.807) is 0 Å². The van der Waals surface area contributed by atoms with Gasteiger partial charge in [-0.3, -0.25) is 4.79 Å². The molecule has 0 unspecified atom stereocenters. The van der Waals surface area contributed by atoms with Crippen LogP contribution in [-0.4, -0.2) is 210 Å². The van der Waals surface area contributed by atoms with Crippen molar-refractivity contribution in [3.05, 3.63) is 0 Å². The average Bonchev–Trinajstić information content (AvgIpc) is 3.03. The van der Waals surface area contributed by atoms with Crippen LogP contribution in [0.2, 0.25) is 0 Å². The molecule has 0 aromatic carbocycles. The lowest BCUT2D eigenvalue weighted by Gasteiger charge is -2.50. The second kappa shape index (κ2) is 16.2. The van der Waals surface area contributed by atoms with Crippen LogP contribution in [0.25, 0.3) is 0 Å². The summed E-state index contributed by atoms with van der Waals surface area (Å²) in [5, 5.41) is 127. The standard InChI is InChI=1S/C26H45NO20/c1-6-12(32)16(36)18(38)25(41-6)47-22-17(37)13(33)8(3-28)44-26(22)45-20-11(27-7(2)31)24(43-10(5-30)14(20)34)46-21-15(35)9(4-29)42-23(40)19(21)39/h6,8-26,28-30,32-40H,3-5H2,1-2H3,(H,27,31)/t6-,8+,9+,10+,11+,12+,13-,14-,15-,16+,17-,18-,19+,20+,21-,22+,23+,24-,25-,26-/m0/s1. The van der Waals surface area contributed by atoms with Gasteiger partial charge < -0.3 is 99.8 Å². The monoisotopic (exact) mass is 691 g/mol. The Morgan fingerprint density at radius 1 is 0.553 bits per heavy atom. The van der Waals surface area contributed by atoms with Crippen LogP contribution in [0.4, 0.5) is 0 Å². The molecule has 0 saturated carbocycles. The number of hydrogen-bond acceptors (Lipinski definition) is 20. The average molecular weight is 692 g/mol. The van der Waals surface area contributed by atoms with Crippen LogP contribution in [0.3, 0.4) is 0 Å². The molecule has 4 fully saturated rings. The van der Waals surface area contributed by atoms with Gasteiger partial charge in [-0.1, -0.05) is 0 Å². The summed E-state index contributed by atoms with van der Waals surface area (Å²) in [6.45, 7) is -0.130. The summed E-state index contributed by atoms with van der Waals surface area (Å²) >= 11 is 0. The highest BCUT2D eigenvalue weighted by Crippen LogP contribution is 2.34. The highest BCUT2D eigenvalue weighted by molar-refractivity contribution is 5.73. The lowest BCUT2D eigenvalue weighted by molar-refractivity contribution is -0.385. The number of carbonyl (C=O) groups excluding carboxylic acids is 1. The first kappa shape index (κ1) is 38.5. The van der Waals surface area contributed by atoms with Crippen molar-refractivity contribution in [2.45, 2.75) is 137 Å². The van der Waals surface area contributed by atoms with Gasteiger partial charge in [-0.05, 0) is 6.92 Å². The zero-order chi connectivity index (χ0) is 34.9. The number of ether oxygens (including phenoxy) is 7. The lowest BCUT2D eigenvalue weighted by Crippen LogP contribution is -2.70. The van der Waals surface area contributed by atoms with E-state index in [4.69, 9.17) is 33.2 Å². The Labute approximate surface area is 267 Å². The normalized spacial score (nSPS) is 51.0. The molecule has 0 spiro atoms. The predicted octanol–water partition coefficient (Wildman–Crippen LogP) is -8.58. The summed E-state index contributed by atoms with van der Waals surface area (Å²) in [5.41, 5.74) is 0. The molecular formula is C26H45NO20. The molecular weight excluding hydrogens is 646 g/mol. The molecule has 0 radical (unpaired) electrons. The molecule has 0 bridgehead atoms. The predicted molar refractivity (Wildman–Crippen MR) is 144 cm³/mol. The second-order valence-electron chi connectivity index (χ2n) is 11.9. The molecule has 13 N–H and O–H groups in total. The van der Waals surface area contributed by atoms with E-state index < -0.39 is 148 Å². The molecule has 4 aliphatic rings. The SMILES string of the molecule is CC(=O)N[C@H]1[C@H](O[C@@H]2[C@@H](O)[C@H](O)O[C@H](CO)[C@@H]2O)O[C@H](CO)[C@H](O)[C@@H]1O[C@@H]1O[C@H](CO)[C@H](O)[C@H](O)[C@H]1O[C@@H]1O[C@@H](C)[C@@H](O)[C@@H](O)[C@@H]1O. The summed E-state index contributed by atoms with van der Waals surface area (Å²) < 4.78 is 39.1. The minimum absolute atomic E-state index is 0.752. The first-order valence-electron chi connectivity index (χ1n) is 15.0. The number of hydrogen-bond donors (Lipinski definition) is 13. The lowest BCUT2D eigenvalue weighted by atomic mass is 9.94. The van der Waals surface area contributed by atoms with Crippen molar-refractivity contribution in [2.24, 2.45) is 0 Å². The first-order valence-corrected chi connectivity index (χ1v) is 15.0. The van der Waals surface area contributed by atoms with Crippen LogP contribution in [0.1, 0.15) is 13.8 Å². The minimum atomic E-state index is -1.94. The summed E-state index contributed by atoms with van der Waals surface area (Å²) in [6, 6.07) is -1.59.